The number of carbonyl (C=O) groups is 2. The van der Waals surface area contributed by atoms with Gasteiger partial charge in [0, 0.05) is 34.3 Å². The predicted molar refractivity (Wildman–Crippen MR) is 114 cm³/mol. The van der Waals surface area contributed by atoms with Gasteiger partial charge in [0.1, 0.15) is 24.5 Å². The Balaban J connectivity index is 1.96. The number of hydrogen-bond donors (Lipinski definition) is 0. The average molecular weight is 430 g/mol. The van der Waals surface area contributed by atoms with Gasteiger partial charge in [0.25, 0.3) is 5.91 Å². The van der Waals surface area contributed by atoms with Gasteiger partial charge >= 0.3 is 0 Å². The normalized spacial score (nSPS) is 28.1. The molecule has 2 bridgehead atoms. The highest BCUT2D eigenvalue weighted by atomic mass is 16.6. The first-order valence-corrected chi connectivity index (χ1v) is 10.7. The van der Waals surface area contributed by atoms with Crippen molar-refractivity contribution < 1.29 is 23.8 Å². The predicted octanol–water partition coefficient (Wildman–Crippen LogP) is 2.07. The molecule has 3 rings (SSSR count). The number of amides is 2. The lowest BCUT2D eigenvalue weighted by Crippen LogP contribution is -2.45. The molecule has 31 heavy (non-hydrogen) atoms. The quantitative estimate of drug-likeness (QED) is 0.679. The Kier molecular flexibility index (Phi) is 7.52. The van der Waals surface area contributed by atoms with Crippen molar-refractivity contribution in [1.82, 2.24) is 9.80 Å². The number of rotatable bonds is 1. The largest absolute Gasteiger partial charge is 0.489 e. The summed E-state index contributed by atoms with van der Waals surface area (Å²) in [5, 5.41) is 9.57. The molecule has 2 amide bonds. The molecular formula is C23H31N3O5. The number of hydrogen-bond acceptors (Lipinski definition) is 6. The van der Waals surface area contributed by atoms with E-state index in [0.717, 1.165) is 19.3 Å². The molecular weight excluding hydrogens is 398 g/mol. The molecule has 168 valence electrons. The summed E-state index contributed by atoms with van der Waals surface area (Å²) in [5.74, 6) is -0.423. The Labute approximate surface area is 183 Å². The van der Waals surface area contributed by atoms with Gasteiger partial charge in [-0.1, -0.05) is 13.0 Å². The van der Waals surface area contributed by atoms with E-state index < -0.39 is 0 Å². The van der Waals surface area contributed by atoms with Crippen LogP contribution in [-0.2, 0) is 14.3 Å². The molecule has 4 atom stereocenters. The molecule has 2 aliphatic heterocycles. The van der Waals surface area contributed by atoms with Crippen molar-refractivity contribution in [2.24, 2.45) is 5.92 Å². The van der Waals surface area contributed by atoms with Crippen LogP contribution >= 0.6 is 0 Å². The molecule has 0 radical (unpaired) electrons. The maximum absolute atomic E-state index is 13.2. The third kappa shape index (κ3) is 5.17. The van der Waals surface area contributed by atoms with Crippen LogP contribution in [0, 0.1) is 17.2 Å². The van der Waals surface area contributed by atoms with Gasteiger partial charge in [-0.05, 0) is 31.4 Å². The van der Waals surface area contributed by atoms with Crippen molar-refractivity contribution in [3.63, 3.8) is 0 Å². The SMILES string of the molecule is CO[C@@H]1CC[C@H]2CCN(C)C(=O)[C@@H](C)CN(C)C(=O)c3cccc(C#N)c3OC[C@@H]1O2. The second-order valence-corrected chi connectivity index (χ2v) is 8.39. The van der Waals surface area contributed by atoms with Crippen molar-refractivity contribution in [3.8, 4) is 11.8 Å². The first-order chi connectivity index (χ1) is 14.8. The van der Waals surface area contributed by atoms with Crippen LogP contribution in [0.2, 0.25) is 0 Å². The summed E-state index contributed by atoms with van der Waals surface area (Å²) in [4.78, 5) is 29.2. The van der Waals surface area contributed by atoms with Crippen LogP contribution in [0.25, 0.3) is 0 Å². The Hall–Kier alpha value is -2.63. The molecule has 1 saturated heterocycles. The molecule has 0 saturated carbocycles. The fraction of sp³-hybridized carbons (Fsp3) is 0.609. The van der Waals surface area contributed by atoms with E-state index in [0.29, 0.717) is 12.1 Å². The van der Waals surface area contributed by atoms with E-state index in [-0.39, 0.29) is 60.5 Å². The second-order valence-electron chi connectivity index (χ2n) is 8.39. The van der Waals surface area contributed by atoms with E-state index >= 15 is 0 Å². The molecule has 0 spiro atoms. The fourth-order valence-corrected chi connectivity index (χ4v) is 4.28. The fourth-order valence-electron chi connectivity index (χ4n) is 4.28. The number of ether oxygens (including phenoxy) is 3. The molecule has 1 aromatic rings. The van der Waals surface area contributed by atoms with Crippen LogP contribution in [-0.4, -0.2) is 80.8 Å². The van der Waals surface area contributed by atoms with E-state index in [1.807, 2.05) is 6.92 Å². The number of fused-ring (bicyclic) bond motifs is 3. The lowest BCUT2D eigenvalue weighted by atomic mass is 9.99. The van der Waals surface area contributed by atoms with Gasteiger partial charge in [-0.2, -0.15) is 5.26 Å². The number of methoxy groups -OCH3 is 1. The maximum atomic E-state index is 13.2. The third-order valence-electron chi connectivity index (χ3n) is 6.09. The van der Waals surface area contributed by atoms with Crippen molar-refractivity contribution in [2.75, 3.05) is 40.9 Å². The van der Waals surface area contributed by atoms with E-state index in [1.54, 1.807) is 44.3 Å². The minimum absolute atomic E-state index is 0.00864. The molecule has 8 nitrogen and oxygen atoms in total. The number of nitrogens with zero attached hydrogens (tertiary/aromatic N) is 3. The van der Waals surface area contributed by atoms with Gasteiger partial charge in [0.05, 0.1) is 29.3 Å². The van der Waals surface area contributed by atoms with Crippen LogP contribution in [0.3, 0.4) is 0 Å². The third-order valence-corrected chi connectivity index (χ3v) is 6.09. The number of nitriles is 1. The van der Waals surface area contributed by atoms with Crippen LogP contribution < -0.4 is 4.74 Å². The summed E-state index contributed by atoms with van der Waals surface area (Å²) in [5.41, 5.74) is 0.583. The van der Waals surface area contributed by atoms with E-state index in [9.17, 15) is 14.9 Å². The average Bonchev–Trinajstić information content (AvgIpc) is 2.79. The highest BCUT2D eigenvalue weighted by Crippen LogP contribution is 2.29. The number of carbonyl (C=O) groups excluding carboxylic acids is 2. The van der Waals surface area contributed by atoms with Crippen molar-refractivity contribution in [1.29, 1.82) is 5.26 Å². The lowest BCUT2D eigenvalue weighted by Gasteiger charge is -2.36. The molecule has 0 aromatic heterocycles. The van der Waals surface area contributed by atoms with Crippen LogP contribution in [0.15, 0.2) is 18.2 Å². The van der Waals surface area contributed by atoms with Gasteiger partial charge in [-0.3, -0.25) is 9.59 Å². The summed E-state index contributed by atoms with van der Waals surface area (Å²) in [6.45, 7) is 2.84. The molecule has 0 aliphatic carbocycles. The Bertz CT molecular complexity index is 852. The van der Waals surface area contributed by atoms with Gasteiger partial charge in [0.15, 0.2) is 0 Å². The maximum Gasteiger partial charge on any atom is 0.257 e. The molecule has 1 aromatic carbocycles. The zero-order valence-corrected chi connectivity index (χ0v) is 18.7. The lowest BCUT2D eigenvalue weighted by molar-refractivity contribution is -0.146. The summed E-state index contributed by atoms with van der Waals surface area (Å²) < 4.78 is 17.9. The summed E-state index contributed by atoms with van der Waals surface area (Å²) in [6.07, 6.45) is 1.90. The first kappa shape index (κ1) is 23.0. The topological polar surface area (TPSA) is 92.1 Å². The smallest absolute Gasteiger partial charge is 0.257 e. The first-order valence-electron chi connectivity index (χ1n) is 10.7. The zero-order chi connectivity index (χ0) is 22.5. The monoisotopic (exact) mass is 429 g/mol. The minimum Gasteiger partial charge on any atom is -0.489 e. The Morgan fingerprint density at radius 1 is 1.16 bits per heavy atom. The highest BCUT2D eigenvalue weighted by Gasteiger charge is 2.33. The van der Waals surface area contributed by atoms with Gasteiger partial charge in [0.2, 0.25) is 5.91 Å². The van der Waals surface area contributed by atoms with Gasteiger partial charge < -0.3 is 24.0 Å². The molecule has 8 heteroatoms. The minimum atomic E-state index is -0.356. The van der Waals surface area contributed by atoms with Gasteiger partial charge in [-0.25, -0.2) is 0 Å². The number of benzene rings is 1. The van der Waals surface area contributed by atoms with Crippen molar-refractivity contribution in [2.45, 2.75) is 44.5 Å². The van der Waals surface area contributed by atoms with Crippen LogP contribution in [0.1, 0.15) is 42.1 Å². The standard InChI is InChI=1S/C23H31N3O5/c1-15-13-26(3)23(28)18-7-5-6-16(12-24)21(18)30-14-20-19(29-4)9-8-17(31-20)10-11-25(2)22(15)27/h5-7,15,17,19-20H,8-11,13-14H2,1-4H3/t15-,17-,19+,20-/m0/s1. The Morgan fingerprint density at radius 3 is 2.65 bits per heavy atom. The molecule has 0 N–H and O–H groups in total. The summed E-state index contributed by atoms with van der Waals surface area (Å²) in [7, 11) is 5.09. The van der Waals surface area contributed by atoms with Gasteiger partial charge in [-0.15, -0.1) is 0 Å². The van der Waals surface area contributed by atoms with Crippen molar-refractivity contribution >= 4 is 11.8 Å². The molecule has 2 heterocycles. The van der Waals surface area contributed by atoms with Crippen LogP contribution in [0.4, 0.5) is 0 Å². The summed E-state index contributed by atoms with van der Waals surface area (Å²) in [6, 6.07) is 7.04. The summed E-state index contributed by atoms with van der Waals surface area (Å²) >= 11 is 0. The zero-order valence-electron chi connectivity index (χ0n) is 18.7. The second kappa shape index (κ2) is 10.1. The van der Waals surface area contributed by atoms with E-state index in [1.165, 1.54) is 4.90 Å². The van der Waals surface area contributed by atoms with E-state index in [2.05, 4.69) is 6.07 Å². The van der Waals surface area contributed by atoms with Crippen LogP contribution in [0.5, 0.6) is 5.75 Å². The van der Waals surface area contributed by atoms with E-state index in [4.69, 9.17) is 14.2 Å². The molecule has 0 unspecified atom stereocenters. The molecule has 1 fully saturated rings. The highest BCUT2D eigenvalue weighted by molar-refractivity contribution is 5.97. The molecule has 2 aliphatic rings. The number of para-hydroxylation sites is 1. The Morgan fingerprint density at radius 2 is 1.94 bits per heavy atom. The van der Waals surface area contributed by atoms with Crippen molar-refractivity contribution in [3.05, 3.63) is 29.3 Å².